The number of para-hydroxylation sites is 1. The molecule has 1 amide bonds. The zero-order chi connectivity index (χ0) is 13.9. The van der Waals surface area contributed by atoms with Crippen molar-refractivity contribution in [1.29, 1.82) is 0 Å². The Kier molecular flexibility index (Phi) is 4.40. The van der Waals surface area contributed by atoms with Gasteiger partial charge in [-0.1, -0.05) is 12.1 Å². The fraction of sp³-hybridized carbons (Fsp3) is 0.533. The minimum Gasteiger partial charge on any atom is -0.382 e. The number of amides is 1. The van der Waals surface area contributed by atoms with E-state index in [4.69, 9.17) is 0 Å². The van der Waals surface area contributed by atoms with E-state index < -0.39 is 0 Å². The van der Waals surface area contributed by atoms with Gasteiger partial charge in [-0.05, 0) is 45.1 Å². The minimum atomic E-state index is 0.0177. The molecular weight excluding hydrogens is 256 g/mol. The van der Waals surface area contributed by atoms with Crippen molar-refractivity contribution in [3.8, 4) is 0 Å². The van der Waals surface area contributed by atoms with Crippen molar-refractivity contribution < 1.29 is 4.79 Å². The van der Waals surface area contributed by atoms with Crippen LogP contribution in [0.1, 0.15) is 37.0 Å². The summed E-state index contributed by atoms with van der Waals surface area (Å²) in [5.74, 6) is 0.0177. The van der Waals surface area contributed by atoms with Gasteiger partial charge < -0.3 is 10.6 Å². The summed E-state index contributed by atoms with van der Waals surface area (Å²) in [5.41, 5.74) is 1.64. The molecular formula is C15H22N2OS. The van der Waals surface area contributed by atoms with Crippen LogP contribution in [0, 0.1) is 0 Å². The molecule has 0 heterocycles. The molecule has 1 aliphatic carbocycles. The molecule has 1 aromatic rings. The maximum atomic E-state index is 12.3. The third kappa shape index (κ3) is 3.66. The molecule has 2 N–H and O–H groups in total. The number of benzene rings is 1. The summed E-state index contributed by atoms with van der Waals surface area (Å²) in [6.07, 6.45) is 4.54. The Balaban J connectivity index is 2.02. The maximum absolute atomic E-state index is 12.3. The van der Waals surface area contributed by atoms with E-state index in [0.717, 1.165) is 17.8 Å². The Morgan fingerprint density at radius 1 is 1.37 bits per heavy atom. The second-order valence-corrected chi connectivity index (χ2v) is 6.69. The second kappa shape index (κ2) is 5.87. The van der Waals surface area contributed by atoms with Crippen molar-refractivity contribution in [3.63, 3.8) is 0 Å². The lowest BCUT2D eigenvalue weighted by Gasteiger charge is -2.16. The van der Waals surface area contributed by atoms with Crippen molar-refractivity contribution in [1.82, 2.24) is 5.32 Å². The molecule has 3 nitrogen and oxygen atoms in total. The zero-order valence-electron chi connectivity index (χ0n) is 11.8. The number of hydrogen-bond donors (Lipinski definition) is 2. The summed E-state index contributed by atoms with van der Waals surface area (Å²) < 4.78 is 0.302. The number of rotatable bonds is 6. The van der Waals surface area contributed by atoms with E-state index in [1.165, 1.54) is 12.8 Å². The van der Waals surface area contributed by atoms with Gasteiger partial charge in [-0.25, -0.2) is 0 Å². The molecule has 1 aliphatic rings. The first-order valence-electron chi connectivity index (χ1n) is 6.75. The van der Waals surface area contributed by atoms with Crippen molar-refractivity contribution in [2.45, 2.75) is 37.5 Å². The Morgan fingerprint density at radius 2 is 2.05 bits per heavy atom. The molecule has 0 aromatic heterocycles. The molecule has 1 fully saturated rings. The minimum absolute atomic E-state index is 0.0177. The van der Waals surface area contributed by atoms with Crippen molar-refractivity contribution in [2.24, 2.45) is 0 Å². The molecule has 0 unspecified atom stereocenters. The first kappa shape index (κ1) is 14.3. The number of hydrogen-bond acceptors (Lipinski definition) is 3. The molecule has 0 radical (unpaired) electrons. The van der Waals surface area contributed by atoms with Gasteiger partial charge in [-0.2, -0.15) is 11.8 Å². The summed E-state index contributed by atoms with van der Waals surface area (Å²) in [6, 6.07) is 8.00. The summed E-state index contributed by atoms with van der Waals surface area (Å²) in [6.45, 7) is 4.91. The van der Waals surface area contributed by atoms with Crippen LogP contribution in [0.15, 0.2) is 24.3 Å². The Hall–Kier alpha value is -1.16. The molecule has 2 rings (SSSR count). The van der Waals surface area contributed by atoms with Gasteiger partial charge in [-0.3, -0.25) is 4.79 Å². The highest BCUT2D eigenvalue weighted by Gasteiger charge is 2.42. The number of nitrogens with one attached hydrogen (secondary N) is 2. The Bertz CT molecular complexity index is 455. The first-order valence-corrected chi connectivity index (χ1v) is 7.98. The van der Waals surface area contributed by atoms with Crippen LogP contribution >= 0.6 is 11.8 Å². The van der Waals surface area contributed by atoms with Crippen molar-refractivity contribution in [3.05, 3.63) is 29.8 Å². The smallest absolute Gasteiger partial charge is 0.253 e. The summed E-state index contributed by atoms with van der Waals surface area (Å²) in [5, 5.41) is 6.38. The number of carbonyl (C=O) groups is 1. The van der Waals surface area contributed by atoms with Crippen LogP contribution in [0.3, 0.4) is 0 Å². The summed E-state index contributed by atoms with van der Waals surface area (Å²) >= 11 is 1.86. The zero-order valence-corrected chi connectivity index (χ0v) is 12.6. The van der Waals surface area contributed by atoms with Gasteiger partial charge in [0.2, 0.25) is 0 Å². The molecule has 0 spiro atoms. The molecule has 4 heteroatoms. The van der Waals surface area contributed by atoms with Crippen LogP contribution in [0.25, 0.3) is 0 Å². The third-order valence-electron chi connectivity index (χ3n) is 3.43. The van der Waals surface area contributed by atoms with Gasteiger partial charge in [-0.15, -0.1) is 0 Å². The van der Waals surface area contributed by atoms with E-state index in [2.05, 4.69) is 30.7 Å². The number of carbonyl (C=O) groups excluding carboxylic acids is 1. The molecule has 1 aromatic carbocycles. The highest BCUT2D eigenvalue weighted by atomic mass is 32.2. The van der Waals surface area contributed by atoms with Crippen LogP contribution in [0.5, 0.6) is 0 Å². The van der Waals surface area contributed by atoms with Gasteiger partial charge in [0.15, 0.2) is 0 Å². The molecule has 104 valence electrons. The molecule has 0 aliphatic heterocycles. The van der Waals surface area contributed by atoms with E-state index in [0.29, 0.717) is 10.8 Å². The van der Waals surface area contributed by atoms with Gasteiger partial charge in [0.25, 0.3) is 5.91 Å². The van der Waals surface area contributed by atoms with Crippen LogP contribution < -0.4 is 10.6 Å². The van der Waals surface area contributed by atoms with Crippen LogP contribution in [0.4, 0.5) is 5.69 Å². The van der Waals surface area contributed by atoms with E-state index in [1.807, 2.05) is 36.0 Å². The summed E-state index contributed by atoms with van der Waals surface area (Å²) in [7, 11) is 0. The van der Waals surface area contributed by atoms with Gasteiger partial charge in [0.1, 0.15) is 0 Å². The standard InChI is InChI=1S/C15H22N2OS/c1-11(2)17-13-7-5-4-6-12(13)14(18)16-10-15(19-3)8-9-15/h4-7,11,17H,8-10H2,1-3H3,(H,16,18). The largest absolute Gasteiger partial charge is 0.382 e. The average molecular weight is 278 g/mol. The molecule has 0 bridgehead atoms. The predicted octanol–water partition coefficient (Wildman–Crippen LogP) is 3.13. The Labute approximate surface area is 119 Å². The van der Waals surface area contributed by atoms with Crippen molar-refractivity contribution >= 4 is 23.4 Å². The average Bonchev–Trinajstić information content (AvgIpc) is 3.17. The maximum Gasteiger partial charge on any atom is 0.253 e. The van der Waals surface area contributed by atoms with E-state index in [1.54, 1.807) is 0 Å². The topological polar surface area (TPSA) is 41.1 Å². The quantitative estimate of drug-likeness (QED) is 0.840. The van der Waals surface area contributed by atoms with E-state index >= 15 is 0 Å². The van der Waals surface area contributed by atoms with E-state index in [-0.39, 0.29) is 5.91 Å². The third-order valence-corrected chi connectivity index (χ3v) is 4.85. The van der Waals surface area contributed by atoms with Crippen LogP contribution in [-0.4, -0.2) is 29.5 Å². The number of anilines is 1. The van der Waals surface area contributed by atoms with Gasteiger partial charge >= 0.3 is 0 Å². The first-order chi connectivity index (χ1) is 9.06. The second-order valence-electron chi connectivity index (χ2n) is 5.41. The molecule has 0 saturated heterocycles. The lowest BCUT2D eigenvalue weighted by molar-refractivity contribution is 0.0954. The summed E-state index contributed by atoms with van der Waals surface area (Å²) in [4.78, 5) is 12.3. The van der Waals surface area contributed by atoms with Crippen LogP contribution in [-0.2, 0) is 0 Å². The van der Waals surface area contributed by atoms with Gasteiger partial charge in [0.05, 0.1) is 5.56 Å². The van der Waals surface area contributed by atoms with Crippen LogP contribution in [0.2, 0.25) is 0 Å². The number of thioether (sulfide) groups is 1. The monoisotopic (exact) mass is 278 g/mol. The highest BCUT2D eigenvalue weighted by molar-refractivity contribution is 8.00. The lowest BCUT2D eigenvalue weighted by atomic mass is 10.1. The van der Waals surface area contributed by atoms with Gasteiger partial charge in [0, 0.05) is 23.0 Å². The fourth-order valence-corrected chi connectivity index (χ4v) is 2.77. The molecule has 0 atom stereocenters. The lowest BCUT2D eigenvalue weighted by Crippen LogP contribution is -2.32. The van der Waals surface area contributed by atoms with Crippen molar-refractivity contribution in [2.75, 3.05) is 18.1 Å². The Morgan fingerprint density at radius 3 is 2.63 bits per heavy atom. The SMILES string of the molecule is CSC1(CNC(=O)c2ccccc2NC(C)C)CC1. The molecule has 19 heavy (non-hydrogen) atoms. The highest BCUT2D eigenvalue weighted by Crippen LogP contribution is 2.46. The van der Waals surface area contributed by atoms with E-state index in [9.17, 15) is 4.79 Å². The predicted molar refractivity (Wildman–Crippen MR) is 83.0 cm³/mol. The fourth-order valence-electron chi connectivity index (χ4n) is 2.05. The molecule has 1 saturated carbocycles. The normalized spacial score (nSPS) is 16.2.